The Hall–Kier alpha value is -0.880. The van der Waals surface area contributed by atoms with Gasteiger partial charge in [-0.1, -0.05) is 18.5 Å². The molecular weight excluding hydrogens is 286 g/mol. The van der Waals surface area contributed by atoms with Crippen molar-refractivity contribution in [2.75, 3.05) is 17.3 Å². The molecule has 0 saturated carbocycles. The van der Waals surface area contributed by atoms with Gasteiger partial charge >= 0.3 is 0 Å². The Balaban J connectivity index is 2.77. The molecule has 0 saturated heterocycles. The Kier molecular flexibility index (Phi) is 6.51. The first-order chi connectivity index (χ1) is 8.95. The zero-order valence-corrected chi connectivity index (χ0v) is 13.1. The summed E-state index contributed by atoms with van der Waals surface area (Å²) in [5, 5.41) is 7.37. The van der Waals surface area contributed by atoms with E-state index in [1.54, 1.807) is 12.5 Å². The summed E-state index contributed by atoms with van der Waals surface area (Å²) < 4.78 is 12.4. The summed E-state index contributed by atoms with van der Waals surface area (Å²) in [6, 6.07) is 0.0876. The summed E-state index contributed by atoms with van der Waals surface area (Å²) in [6.07, 6.45) is 4.82. The molecule has 0 aliphatic heterocycles. The van der Waals surface area contributed by atoms with Gasteiger partial charge in [-0.3, -0.25) is 9.00 Å². The molecule has 0 fully saturated rings. The lowest BCUT2D eigenvalue weighted by Crippen LogP contribution is -2.26. The highest BCUT2D eigenvalue weighted by Crippen LogP contribution is 2.17. The third-order valence-corrected chi connectivity index (χ3v) is 3.84. The second-order valence-corrected chi connectivity index (χ2v) is 6.44. The van der Waals surface area contributed by atoms with E-state index >= 15 is 0 Å². The van der Waals surface area contributed by atoms with Crippen molar-refractivity contribution in [3.63, 3.8) is 0 Å². The maximum Gasteiger partial charge on any atom is 0.287 e. The van der Waals surface area contributed by atoms with E-state index in [1.807, 2.05) is 13.8 Å². The van der Waals surface area contributed by atoms with Crippen LogP contribution in [0.2, 0.25) is 5.02 Å². The molecule has 0 aromatic carbocycles. The topological polar surface area (TPSA) is 64.0 Å². The summed E-state index contributed by atoms with van der Waals surface area (Å²) in [4.78, 5) is 11.9. The first kappa shape index (κ1) is 16.2. The number of nitrogens with one attached hydrogen (secondary N) is 1. The van der Waals surface area contributed by atoms with Gasteiger partial charge in [0.15, 0.2) is 0 Å². The Morgan fingerprint density at radius 2 is 2.26 bits per heavy atom. The average Bonchev–Trinajstić information content (AvgIpc) is 2.36. The van der Waals surface area contributed by atoms with Crippen LogP contribution in [0.25, 0.3) is 0 Å². The fourth-order valence-corrected chi connectivity index (χ4v) is 2.50. The normalized spacial score (nSPS) is 14.1. The van der Waals surface area contributed by atoms with Crippen LogP contribution in [0, 0.1) is 0 Å². The molecule has 2 unspecified atom stereocenters. The monoisotopic (exact) mass is 305 g/mol. The summed E-state index contributed by atoms with van der Waals surface area (Å²) in [7, 11) is -0.815. The van der Waals surface area contributed by atoms with Crippen molar-refractivity contribution in [3.05, 3.63) is 21.6 Å². The van der Waals surface area contributed by atoms with E-state index in [0.29, 0.717) is 18.0 Å². The Labute approximate surface area is 120 Å². The van der Waals surface area contributed by atoms with E-state index in [9.17, 15) is 9.00 Å². The minimum Gasteiger partial charge on any atom is -0.380 e. The van der Waals surface area contributed by atoms with Gasteiger partial charge in [-0.15, -0.1) is 0 Å². The lowest BCUT2D eigenvalue weighted by atomic mass is 10.2. The third-order valence-electron chi connectivity index (χ3n) is 2.66. The third kappa shape index (κ3) is 4.95. The molecule has 0 spiro atoms. The largest absolute Gasteiger partial charge is 0.380 e. The van der Waals surface area contributed by atoms with Crippen LogP contribution in [0.15, 0.2) is 11.0 Å². The van der Waals surface area contributed by atoms with Crippen molar-refractivity contribution >= 4 is 28.1 Å². The first-order valence-corrected chi connectivity index (χ1v) is 8.38. The number of aryl methyl sites for hydroxylation is 1. The highest BCUT2D eigenvalue weighted by molar-refractivity contribution is 7.84. The van der Waals surface area contributed by atoms with Gasteiger partial charge in [-0.05, 0) is 19.8 Å². The second-order valence-electron chi connectivity index (χ2n) is 4.51. The van der Waals surface area contributed by atoms with Crippen molar-refractivity contribution in [1.82, 2.24) is 9.78 Å². The smallest absolute Gasteiger partial charge is 0.287 e. The second kappa shape index (κ2) is 7.65. The summed E-state index contributed by atoms with van der Waals surface area (Å²) in [5.41, 5.74) is 0.258. The predicted octanol–water partition coefficient (Wildman–Crippen LogP) is 1.88. The lowest BCUT2D eigenvalue weighted by Gasteiger charge is -2.15. The Morgan fingerprint density at radius 3 is 2.84 bits per heavy atom. The molecule has 7 heteroatoms. The number of anilines is 1. The molecule has 1 aromatic heterocycles. The maximum absolute atomic E-state index is 11.9. The molecule has 1 aromatic rings. The number of rotatable bonds is 7. The highest BCUT2D eigenvalue weighted by Gasteiger charge is 2.11. The first-order valence-electron chi connectivity index (χ1n) is 6.27. The molecular formula is C12H20ClN3O2S. The average molecular weight is 306 g/mol. The number of halogens is 1. The molecule has 0 aliphatic rings. The van der Waals surface area contributed by atoms with Gasteiger partial charge in [-0.25, -0.2) is 4.68 Å². The van der Waals surface area contributed by atoms with Crippen molar-refractivity contribution in [1.29, 1.82) is 0 Å². The van der Waals surface area contributed by atoms with Crippen molar-refractivity contribution in [3.8, 4) is 0 Å². The molecule has 19 heavy (non-hydrogen) atoms. The molecule has 1 rings (SSSR count). The van der Waals surface area contributed by atoms with E-state index < -0.39 is 10.8 Å². The predicted molar refractivity (Wildman–Crippen MR) is 80.4 cm³/mol. The Bertz CT molecular complexity index is 504. The van der Waals surface area contributed by atoms with Crippen LogP contribution in [0.1, 0.15) is 26.7 Å². The van der Waals surface area contributed by atoms with E-state index in [2.05, 4.69) is 10.4 Å². The minimum absolute atomic E-state index is 0.0876. The molecule has 2 atom stereocenters. The maximum atomic E-state index is 11.9. The summed E-state index contributed by atoms with van der Waals surface area (Å²) >= 11 is 6.05. The lowest BCUT2D eigenvalue weighted by molar-refractivity contribution is 0.568. The minimum atomic E-state index is -0.815. The van der Waals surface area contributed by atoms with Crippen LogP contribution in [-0.4, -0.2) is 32.0 Å². The van der Waals surface area contributed by atoms with E-state index in [0.717, 1.165) is 12.8 Å². The van der Waals surface area contributed by atoms with Crippen LogP contribution in [-0.2, 0) is 17.3 Å². The van der Waals surface area contributed by atoms with Gasteiger partial charge in [0.2, 0.25) is 0 Å². The van der Waals surface area contributed by atoms with E-state index in [1.165, 1.54) is 4.68 Å². The molecule has 0 bridgehead atoms. The standard InChI is InChI=1S/C12H20ClN3O2S/c1-4-6-16-12(17)11(13)10(8-14-16)15-9(2)5-7-19(3)18/h8-9,15H,4-7H2,1-3H3. The van der Waals surface area contributed by atoms with E-state index in [4.69, 9.17) is 11.6 Å². The molecule has 0 radical (unpaired) electrons. The van der Waals surface area contributed by atoms with Gasteiger partial charge in [0.05, 0.1) is 11.9 Å². The molecule has 0 amide bonds. The van der Waals surface area contributed by atoms with Crippen LogP contribution in [0.4, 0.5) is 5.69 Å². The zero-order valence-electron chi connectivity index (χ0n) is 11.5. The van der Waals surface area contributed by atoms with Crippen LogP contribution in [0.5, 0.6) is 0 Å². The van der Waals surface area contributed by atoms with Gasteiger partial charge < -0.3 is 5.32 Å². The fraction of sp³-hybridized carbons (Fsp3) is 0.667. The number of hydrogen-bond acceptors (Lipinski definition) is 4. The zero-order chi connectivity index (χ0) is 14.4. The van der Waals surface area contributed by atoms with Crippen LogP contribution >= 0.6 is 11.6 Å². The van der Waals surface area contributed by atoms with Crippen molar-refractivity contribution in [2.24, 2.45) is 0 Å². The van der Waals surface area contributed by atoms with Gasteiger partial charge in [0.25, 0.3) is 5.56 Å². The molecule has 0 aliphatic carbocycles. The summed E-state index contributed by atoms with van der Waals surface area (Å²) in [5.74, 6) is 0.617. The quantitative estimate of drug-likeness (QED) is 0.835. The molecule has 1 heterocycles. The highest BCUT2D eigenvalue weighted by atomic mass is 35.5. The molecule has 1 N–H and O–H groups in total. The van der Waals surface area contributed by atoms with Gasteiger partial charge in [-0.2, -0.15) is 5.10 Å². The summed E-state index contributed by atoms with van der Waals surface area (Å²) in [6.45, 7) is 4.49. The molecule has 5 nitrogen and oxygen atoms in total. The number of hydrogen-bond donors (Lipinski definition) is 1. The van der Waals surface area contributed by atoms with E-state index in [-0.39, 0.29) is 16.6 Å². The van der Waals surface area contributed by atoms with Crippen molar-refractivity contribution in [2.45, 2.75) is 39.3 Å². The van der Waals surface area contributed by atoms with Gasteiger partial charge in [0.1, 0.15) is 5.02 Å². The van der Waals surface area contributed by atoms with Crippen LogP contribution < -0.4 is 10.9 Å². The fourth-order valence-electron chi connectivity index (χ4n) is 1.62. The number of aromatic nitrogens is 2. The molecule has 108 valence electrons. The number of nitrogens with zero attached hydrogens (tertiary/aromatic N) is 2. The van der Waals surface area contributed by atoms with Gasteiger partial charge in [0, 0.05) is 35.4 Å². The van der Waals surface area contributed by atoms with Crippen molar-refractivity contribution < 1.29 is 4.21 Å². The Morgan fingerprint density at radius 1 is 1.58 bits per heavy atom. The SMILES string of the molecule is CCCn1ncc(NC(C)CCS(C)=O)c(Cl)c1=O. The van der Waals surface area contributed by atoms with Crippen LogP contribution in [0.3, 0.4) is 0 Å².